The van der Waals surface area contributed by atoms with Crippen molar-refractivity contribution in [1.82, 2.24) is 9.97 Å². The fourth-order valence-corrected chi connectivity index (χ4v) is 3.20. The second kappa shape index (κ2) is 4.81. The summed E-state index contributed by atoms with van der Waals surface area (Å²) in [4.78, 5) is 7.93. The number of hydrogen-bond acceptors (Lipinski definition) is 3. The number of nitrogens with one attached hydrogen (secondary N) is 1. The molecule has 2 heterocycles. The number of rotatable bonds is 3. The first kappa shape index (κ1) is 12.4. The van der Waals surface area contributed by atoms with Gasteiger partial charge in [0.15, 0.2) is 5.60 Å². The maximum absolute atomic E-state index is 11.2. The van der Waals surface area contributed by atoms with Gasteiger partial charge in [-0.15, -0.1) is 11.3 Å². The molecule has 0 aliphatic rings. The van der Waals surface area contributed by atoms with Gasteiger partial charge in [0.25, 0.3) is 0 Å². The number of thiophene rings is 1. The highest BCUT2D eigenvalue weighted by Crippen LogP contribution is 2.39. The fourth-order valence-electron chi connectivity index (χ4n) is 2.05. The molecule has 0 spiro atoms. The van der Waals surface area contributed by atoms with Crippen LogP contribution in [-0.2, 0) is 5.60 Å². The summed E-state index contributed by atoms with van der Waals surface area (Å²) in [6, 6.07) is 13.0. The SMILES string of the molecule is OC(c1ccccc1)(c1ncc[nH]1)c1ccc(Cl)s1. The topological polar surface area (TPSA) is 48.9 Å². The Labute approximate surface area is 119 Å². The standard InChI is InChI=1S/C14H11ClN2OS/c15-12-7-6-11(19-12)14(18,13-16-8-9-17-13)10-4-2-1-3-5-10/h1-9,18H,(H,16,17). The highest BCUT2D eigenvalue weighted by Gasteiger charge is 2.37. The third kappa shape index (κ3) is 2.08. The normalized spacial score (nSPS) is 14.2. The van der Waals surface area contributed by atoms with E-state index >= 15 is 0 Å². The average molecular weight is 291 g/mol. The number of hydrogen-bond donors (Lipinski definition) is 2. The molecule has 2 aromatic heterocycles. The zero-order chi connectivity index (χ0) is 13.3. The number of nitrogens with zero attached hydrogens (tertiary/aromatic N) is 1. The predicted molar refractivity (Wildman–Crippen MR) is 76.5 cm³/mol. The smallest absolute Gasteiger partial charge is 0.182 e. The Hall–Kier alpha value is -1.62. The predicted octanol–water partition coefficient (Wildman–Crippen LogP) is 3.41. The van der Waals surface area contributed by atoms with Crippen molar-refractivity contribution >= 4 is 22.9 Å². The molecule has 0 saturated carbocycles. The summed E-state index contributed by atoms with van der Waals surface area (Å²) in [5.41, 5.74) is -0.550. The minimum atomic E-state index is -1.30. The Kier molecular flexibility index (Phi) is 3.14. The number of imidazole rings is 1. The molecule has 1 atom stereocenters. The second-order valence-corrected chi connectivity index (χ2v) is 5.83. The van der Waals surface area contributed by atoms with Gasteiger partial charge in [-0.3, -0.25) is 0 Å². The molecule has 19 heavy (non-hydrogen) atoms. The summed E-state index contributed by atoms with van der Waals surface area (Å²) in [6.07, 6.45) is 3.32. The molecule has 0 fully saturated rings. The van der Waals surface area contributed by atoms with Gasteiger partial charge in [0, 0.05) is 17.3 Å². The number of aliphatic hydroxyl groups is 1. The van der Waals surface area contributed by atoms with Crippen molar-refractivity contribution in [3.63, 3.8) is 0 Å². The molecule has 2 N–H and O–H groups in total. The molecule has 5 heteroatoms. The lowest BCUT2D eigenvalue weighted by atomic mass is 9.91. The lowest BCUT2D eigenvalue weighted by Crippen LogP contribution is -2.29. The highest BCUT2D eigenvalue weighted by atomic mass is 35.5. The lowest BCUT2D eigenvalue weighted by Gasteiger charge is -2.25. The van der Waals surface area contributed by atoms with Gasteiger partial charge in [-0.25, -0.2) is 4.98 Å². The van der Waals surface area contributed by atoms with Crippen LogP contribution in [-0.4, -0.2) is 15.1 Å². The van der Waals surface area contributed by atoms with E-state index in [9.17, 15) is 5.11 Å². The van der Waals surface area contributed by atoms with Crippen LogP contribution in [0.3, 0.4) is 0 Å². The van der Waals surface area contributed by atoms with Crippen LogP contribution in [0.1, 0.15) is 16.3 Å². The zero-order valence-corrected chi connectivity index (χ0v) is 11.4. The van der Waals surface area contributed by atoms with E-state index in [1.54, 1.807) is 18.5 Å². The summed E-state index contributed by atoms with van der Waals surface area (Å²) in [5.74, 6) is 0.484. The lowest BCUT2D eigenvalue weighted by molar-refractivity contribution is 0.120. The van der Waals surface area contributed by atoms with E-state index in [1.807, 2.05) is 36.4 Å². The Balaban J connectivity index is 2.22. The molecule has 96 valence electrons. The summed E-state index contributed by atoms with van der Waals surface area (Å²) < 4.78 is 0.635. The van der Waals surface area contributed by atoms with Crippen molar-refractivity contribution in [3.8, 4) is 0 Å². The number of aromatic nitrogens is 2. The zero-order valence-electron chi connectivity index (χ0n) is 9.88. The van der Waals surface area contributed by atoms with E-state index in [0.29, 0.717) is 10.2 Å². The Morgan fingerprint density at radius 3 is 2.53 bits per heavy atom. The Morgan fingerprint density at radius 1 is 1.16 bits per heavy atom. The molecule has 0 saturated heterocycles. The molecule has 0 bridgehead atoms. The minimum absolute atomic E-state index is 0.484. The third-order valence-electron chi connectivity index (χ3n) is 2.96. The van der Waals surface area contributed by atoms with Gasteiger partial charge in [0.05, 0.1) is 4.34 Å². The van der Waals surface area contributed by atoms with Gasteiger partial charge in [-0.2, -0.15) is 0 Å². The second-order valence-electron chi connectivity index (χ2n) is 4.12. The first-order valence-corrected chi connectivity index (χ1v) is 6.94. The van der Waals surface area contributed by atoms with Crippen molar-refractivity contribution in [2.24, 2.45) is 0 Å². The minimum Gasteiger partial charge on any atom is -0.372 e. The van der Waals surface area contributed by atoms with Crippen LogP contribution in [0.15, 0.2) is 54.9 Å². The van der Waals surface area contributed by atoms with Crippen molar-refractivity contribution in [1.29, 1.82) is 0 Å². The van der Waals surface area contributed by atoms with Crippen LogP contribution in [0.2, 0.25) is 4.34 Å². The maximum Gasteiger partial charge on any atom is 0.182 e. The molecule has 3 nitrogen and oxygen atoms in total. The monoisotopic (exact) mass is 290 g/mol. The number of aromatic amines is 1. The molecule has 1 unspecified atom stereocenters. The van der Waals surface area contributed by atoms with Crippen molar-refractivity contribution in [2.45, 2.75) is 5.60 Å². The first-order chi connectivity index (χ1) is 9.21. The molecular formula is C14H11ClN2OS. The van der Waals surface area contributed by atoms with Crippen molar-refractivity contribution in [2.75, 3.05) is 0 Å². The van der Waals surface area contributed by atoms with Crippen molar-refractivity contribution in [3.05, 3.63) is 75.5 Å². The van der Waals surface area contributed by atoms with Crippen molar-refractivity contribution < 1.29 is 5.11 Å². The van der Waals surface area contributed by atoms with Gasteiger partial charge in [-0.1, -0.05) is 41.9 Å². The number of H-pyrrole nitrogens is 1. The fraction of sp³-hybridized carbons (Fsp3) is 0.0714. The summed E-state index contributed by atoms with van der Waals surface area (Å²) >= 11 is 7.34. The van der Waals surface area contributed by atoms with Crippen LogP contribution in [0.25, 0.3) is 0 Å². The van der Waals surface area contributed by atoms with E-state index in [4.69, 9.17) is 11.6 Å². The molecule has 0 amide bonds. The van der Waals surface area contributed by atoms with Crippen LogP contribution >= 0.6 is 22.9 Å². The summed E-state index contributed by atoms with van der Waals surface area (Å²) in [6.45, 7) is 0. The van der Waals surface area contributed by atoms with Gasteiger partial charge in [0.1, 0.15) is 5.82 Å². The van der Waals surface area contributed by atoms with Crippen LogP contribution < -0.4 is 0 Å². The van der Waals surface area contributed by atoms with Gasteiger partial charge in [-0.05, 0) is 17.7 Å². The van der Waals surface area contributed by atoms with Crippen LogP contribution in [0, 0.1) is 0 Å². The molecular weight excluding hydrogens is 280 g/mol. The maximum atomic E-state index is 11.2. The third-order valence-corrected chi connectivity index (χ3v) is 4.30. The van der Waals surface area contributed by atoms with E-state index in [1.165, 1.54) is 11.3 Å². The number of benzene rings is 1. The van der Waals surface area contributed by atoms with Gasteiger partial charge >= 0.3 is 0 Å². The highest BCUT2D eigenvalue weighted by molar-refractivity contribution is 7.16. The van der Waals surface area contributed by atoms with Crippen LogP contribution in [0.4, 0.5) is 0 Å². The van der Waals surface area contributed by atoms with Gasteiger partial charge < -0.3 is 10.1 Å². The molecule has 3 rings (SSSR count). The van der Waals surface area contributed by atoms with E-state index < -0.39 is 5.60 Å². The van der Waals surface area contributed by atoms with E-state index in [0.717, 1.165) is 10.4 Å². The Morgan fingerprint density at radius 2 is 1.95 bits per heavy atom. The largest absolute Gasteiger partial charge is 0.372 e. The summed E-state index contributed by atoms with van der Waals surface area (Å²) in [5, 5.41) is 11.2. The quantitative estimate of drug-likeness (QED) is 0.776. The molecule has 1 aromatic carbocycles. The molecule has 3 aromatic rings. The first-order valence-electron chi connectivity index (χ1n) is 5.75. The number of halogens is 1. The van der Waals surface area contributed by atoms with E-state index in [-0.39, 0.29) is 0 Å². The van der Waals surface area contributed by atoms with E-state index in [2.05, 4.69) is 9.97 Å². The van der Waals surface area contributed by atoms with Crippen LogP contribution in [0.5, 0.6) is 0 Å². The van der Waals surface area contributed by atoms with Gasteiger partial charge in [0.2, 0.25) is 0 Å². The molecule has 0 aliphatic heterocycles. The average Bonchev–Trinajstić information content (AvgIpc) is 3.10. The Bertz CT molecular complexity index is 666. The summed E-state index contributed by atoms with van der Waals surface area (Å²) in [7, 11) is 0. The molecule has 0 aliphatic carbocycles. The molecule has 0 radical (unpaired) electrons.